The van der Waals surface area contributed by atoms with E-state index in [2.05, 4.69) is 29.6 Å². The van der Waals surface area contributed by atoms with E-state index in [-0.39, 0.29) is 24.6 Å². The van der Waals surface area contributed by atoms with E-state index >= 15 is 0 Å². The van der Waals surface area contributed by atoms with E-state index in [1.807, 2.05) is 36.4 Å². The number of hydrogen-bond donors (Lipinski definition) is 2. The van der Waals surface area contributed by atoms with Crippen molar-refractivity contribution in [2.24, 2.45) is 0 Å². The lowest BCUT2D eigenvalue weighted by molar-refractivity contribution is 0.157. The molecule has 0 saturated carbocycles. The Bertz CT molecular complexity index is 606. The Labute approximate surface area is 143 Å². The second-order valence-electron chi connectivity index (χ2n) is 6.23. The summed E-state index contributed by atoms with van der Waals surface area (Å²) in [7, 11) is 0. The molecule has 4 heteroatoms. The van der Waals surface area contributed by atoms with Crippen LogP contribution in [-0.4, -0.2) is 41.8 Å². The predicted octanol–water partition coefficient (Wildman–Crippen LogP) is 2.98. The molecule has 1 saturated heterocycles. The van der Waals surface area contributed by atoms with Gasteiger partial charge in [0.25, 0.3) is 0 Å². The van der Waals surface area contributed by atoms with E-state index in [1.165, 1.54) is 11.1 Å². The van der Waals surface area contributed by atoms with Gasteiger partial charge < -0.3 is 15.3 Å². The van der Waals surface area contributed by atoms with Crippen molar-refractivity contribution in [2.75, 3.05) is 19.7 Å². The van der Waals surface area contributed by atoms with Crippen LogP contribution in [0.15, 0.2) is 60.7 Å². The molecule has 0 bridgehead atoms. The van der Waals surface area contributed by atoms with Crippen LogP contribution in [0, 0.1) is 0 Å². The third-order valence-corrected chi connectivity index (χ3v) is 4.71. The molecule has 0 spiro atoms. The normalized spacial score (nSPS) is 17.2. The topological polar surface area (TPSA) is 52.6 Å². The van der Waals surface area contributed by atoms with Gasteiger partial charge in [0.15, 0.2) is 0 Å². The van der Waals surface area contributed by atoms with Crippen molar-refractivity contribution in [1.29, 1.82) is 0 Å². The van der Waals surface area contributed by atoms with Gasteiger partial charge in [-0.25, -0.2) is 4.79 Å². The standard InChI is InChI=1S/C20H24N2O2/c23-15-18-12-7-13-22(18)20(24)21-14-19(16-8-3-1-4-9-16)17-10-5-2-6-11-17/h1-6,8-11,18-19,23H,7,12-15H2,(H,21,24). The molecule has 126 valence electrons. The second kappa shape index (κ2) is 7.97. The molecule has 1 aliphatic rings. The molecule has 3 rings (SSSR count). The Morgan fingerprint density at radius 2 is 1.67 bits per heavy atom. The summed E-state index contributed by atoms with van der Waals surface area (Å²) in [5.74, 6) is 0.117. The van der Waals surface area contributed by atoms with Crippen molar-refractivity contribution in [2.45, 2.75) is 24.8 Å². The number of carbonyl (C=O) groups excluding carboxylic acids is 1. The van der Waals surface area contributed by atoms with Crippen molar-refractivity contribution in [3.8, 4) is 0 Å². The van der Waals surface area contributed by atoms with Gasteiger partial charge in [0.05, 0.1) is 12.6 Å². The number of hydrogen-bond acceptors (Lipinski definition) is 2. The average Bonchev–Trinajstić information content (AvgIpc) is 3.12. The maximum absolute atomic E-state index is 12.5. The number of urea groups is 1. The van der Waals surface area contributed by atoms with Gasteiger partial charge in [0.2, 0.25) is 0 Å². The molecule has 0 aromatic heterocycles. The lowest BCUT2D eigenvalue weighted by Crippen LogP contribution is -2.45. The Kier molecular flexibility index (Phi) is 5.49. The minimum Gasteiger partial charge on any atom is -0.394 e. The van der Waals surface area contributed by atoms with Crippen LogP contribution in [0.4, 0.5) is 4.79 Å². The highest BCUT2D eigenvalue weighted by atomic mass is 16.3. The Morgan fingerprint density at radius 3 is 2.21 bits per heavy atom. The molecule has 1 heterocycles. The summed E-state index contributed by atoms with van der Waals surface area (Å²) in [6.07, 6.45) is 1.84. The first kappa shape index (κ1) is 16.5. The van der Waals surface area contributed by atoms with Crippen molar-refractivity contribution in [1.82, 2.24) is 10.2 Å². The van der Waals surface area contributed by atoms with Gasteiger partial charge in [0.1, 0.15) is 0 Å². The lowest BCUT2D eigenvalue weighted by Gasteiger charge is -2.25. The molecule has 1 aliphatic heterocycles. The Hall–Kier alpha value is -2.33. The first-order valence-electron chi connectivity index (χ1n) is 8.55. The van der Waals surface area contributed by atoms with Crippen LogP contribution in [-0.2, 0) is 0 Å². The third-order valence-electron chi connectivity index (χ3n) is 4.71. The number of carbonyl (C=O) groups is 1. The van der Waals surface area contributed by atoms with Crippen LogP contribution in [0.5, 0.6) is 0 Å². The summed E-state index contributed by atoms with van der Waals surface area (Å²) in [4.78, 5) is 14.2. The van der Waals surface area contributed by atoms with Gasteiger partial charge in [-0.05, 0) is 24.0 Å². The molecule has 2 amide bonds. The van der Waals surface area contributed by atoms with Crippen LogP contribution in [0.1, 0.15) is 29.9 Å². The quantitative estimate of drug-likeness (QED) is 0.888. The van der Waals surface area contributed by atoms with E-state index in [4.69, 9.17) is 0 Å². The van der Waals surface area contributed by atoms with Crippen molar-refractivity contribution < 1.29 is 9.90 Å². The largest absolute Gasteiger partial charge is 0.394 e. The Balaban J connectivity index is 1.72. The van der Waals surface area contributed by atoms with Gasteiger partial charge in [-0.15, -0.1) is 0 Å². The van der Waals surface area contributed by atoms with E-state index < -0.39 is 0 Å². The lowest BCUT2D eigenvalue weighted by atomic mass is 9.91. The SMILES string of the molecule is O=C(NCC(c1ccccc1)c1ccccc1)N1CCCC1CO. The Morgan fingerprint density at radius 1 is 1.08 bits per heavy atom. The molecule has 1 atom stereocenters. The zero-order chi connectivity index (χ0) is 16.8. The van der Waals surface area contributed by atoms with Crippen LogP contribution >= 0.6 is 0 Å². The highest BCUT2D eigenvalue weighted by Gasteiger charge is 2.28. The van der Waals surface area contributed by atoms with Gasteiger partial charge in [-0.3, -0.25) is 0 Å². The molecule has 2 aromatic carbocycles. The third kappa shape index (κ3) is 3.77. The summed E-state index contributed by atoms with van der Waals surface area (Å²) in [5, 5.41) is 12.5. The second-order valence-corrected chi connectivity index (χ2v) is 6.23. The van der Waals surface area contributed by atoms with E-state index in [1.54, 1.807) is 4.90 Å². The van der Waals surface area contributed by atoms with Gasteiger partial charge >= 0.3 is 6.03 Å². The number of amides is 2. The zero-order valence-corrected chi connectivity index (χ0v) is 13.8. The van der Waals surface area contributed by atoms with Gasteiger partial charge in [-0.2, -0.15) is 0 Å². The summed E-state index contributed by atoms with van der Waals surface area (Å²) in [6, 6.07) is 20.3. The fraction of sp³-hybridized carbons (Fsp3) is 0.350. The van der Waals surface area contributed by atoms with Crippen molar-refractivity contribution >= 4 is 6.03 Å². The molecule has 2 aromatic rings. The highest BCUT2D eigenvalue weighted by Crippen LogP contribution is 2.24. The summed E-state index contributed by atoms with van der Waals surface area (Å²) >= 11 is 0. The first-order chi connectivity index (χ1) is 11.8. The minimum atomic E-state index is -0.0802. The monoisotopic (exact) mass is 324 g/mol. The minimum absolute atomic E-state index is 0.0359. The number of likely N-dealkylation sites (tertiary alicyclic amines) is 1. The fourth-order valence-corrected chi connectivity index (χ4v) is 3.38. The number of nitrogens with zero attached hydrogens (tertiary/aromatic N) is 1. The summed E-state index contributed by atoms with van der Waals surface area (Å²) in [5.41, 5.74) is 2.37. The summed E-state index contributed by atoms with van der Waals surface area (Å²) < 4.78 is 0. The zero-order valence-electron chi connectivity index (χ0n) is 13.8. The van der Waals surface area contributed by atoms with Crippen LogP contribution < -0.4 is 5.32 Å². The number of aliphatic hydroxyl groups is 1. The first-order valence-corrected chi connectivity index (χ1v) is 8.55. The molecule has 0 radical (unpaired) electrons. The predicted molar refractivity (Wildman–Crippen MR) is 94.9 cm³/mol. The molecule has 4 nitrogen and oxygen atoms in total. The van der Waals surface area contributed by atoms with E-state index in [0.29, 0.717) is 6.54 Å². The molecule has 1 fully saturated rings. The van der Waals surface area contributed by atoms with Crippen molar-refractivity contribution in [3.05, 3.63) is 71.8 Å². The number of nitrogens with one attached hydrogen (secondary N) is 1. The molecule has 1 unspecified atom stereocenters. The van der Waals surface area contributed by atoms with Gasteiger partial charge in [0, 0.05) is 19.0 Å². The van der Waals surface area contributed by atoms with Crippen LogP contribution in [0.2, 0.25) is 0 Å². The van der Waals surface area contributed by atoms with Crippen LogP contribution in [0.25, 0.3) is 0 Å². The van der Waals surface area contributed by atoms with Crippen LogP contribution in [0.3, 0.4) is 0 Å². The average molecular weight is 324 g/mol. The van der Waals surface area contributed by atoms with E-state index in [9.17, 15) is 9.90 Å². The number of aliphatic hydroxyl groups excluding tert-OH is 1. The van der Waals surface area contributed by atoms with E-state index in [0.717, 1.165) is 19.4 Å². The fourth-order valence-electron chi connectivity index (χ4n) is 3.38. The highest BCUT2D eigenvalue weighted by molar-refractivity contribution is 5.75. The molecule has 24 heavy (non-hydrogen) atoms. The maximum Gasteiger partial charge on any atom is 0.317 e. The molecule has 2 N–H and O–H groups in total. The molecular formula is C20H24N2O2. The van der Waals surface area contributed by atoms with Crippen molar-refractivity contribution in [3.63, 3.8) is 0 Å². The maximum atomic E-state index is 12.5. The molecule has 0 aliphatic carbocycles. The van der Waals surface area contributed by atoms with Gasteiger partial charge in [-0.1, -0.05) is 60.7 Å². The molecular weight excluding hydrogens is 300 g/mol. The summed E-state index contributed by atoms with van der Waals surface area (Å²) in [6.45, 7) is 1.30. The number of rotatable bonds is 5. The number of benzene rings is 2. The smallest absolute Gasteiger partial charge is 0.317 e.